The minimum absolute atomic E-state index is 0.0598. The van der Waals surface area contributed by atoms with Crippen LogP contribution in [-0.2, 0) is 19.6 Å². The Morgan fingerprint density at radius 3 is 2.59 bits per heavy atom. The molecule has 11 heteroatoms. The number of ether oxygens (including phenoxy) is 1. The Kier molecular flexibility index (Phi) is 11.5. The van der Waals surface area contributed by atoms with Gasteiger partial charge in [-0.3, -0.25) is 14.7 Å². The number of morpholine rings is 1. The molecular weight excluding hydrogens is 458 g/mol. The van der Waals surface area contributed by atoms with E-state index in [1.54, 1.807) is 24.5 Å². The number of nitrogens with zero attached hydrogens (tertiary/aromatic N) is 3. The normalized spacial score (nSPS) is 18.1. The van der Waals surface area contributed by atoms with Crippen molar-refractivity contribution in [2.75, 3.05) is 57.1 Å². The molecular formula is C23H39N5O5S. The maximum absolute atomic E-state index is 13.1. The standard InChI is InChI=1S/C23H39N5O5S/c29-23(26-21-9-12-24-13-10-21)25-11-5-2-6-20-34(30,31)28(22-7-3-1-4-8-22)33-19-16-27-14-17-32-18-15-27/h9-10,12-13,22H,1-8,11,14-20H2,(H2,24,25,26,29). The number of urea groups is 1. The van der Waals surface area contributed by atoms with Gasteiger partial charge in [-0.1, -0.05) is 30.2 Å². The van der Waals surface area contributed by atoms with Gasteiger partial charge in [0.15, 0.2) is 0 Å². The van der Waals surface area contributed by atoms with Crippen molar-refractivity contribution in [2.24, 2.45) is 0 Å². The van der Waals surface area contributed by atoms with Gasteiger partial charge in [0.25, 0.3) is 0 Å². The zero-order valence-corrected chi connectivity index (χ0v) is 20.8. The molecule has 1 aliphatic heterocycles. The first kappa shape index (κ1) is 26.8. The molecule has 3 rings (SSSR count). The number of aromatic nitrogens is 1. The van der Waals surface area contributed by atoms with Crippen LogP contribution in [0.25, 0.3) is 0 Å². The number of pyridine rings is 1. The lowest BCUT2D eigenvalue weighted by Crippen LogP contribution is -2.45. The Bertz CT molecular complexity index is 814. The van der Waals surface area contributed by atoms with Crippen molar-refractivity contribution in [3.8, 4) is 0 Å². The molecule has 1 aromatic heterocycles. The third-order valence-corrected chi connectivity index (χ3v) is 7.94. The van der Waals surface area contributed by atoms with Gasteiger partial charge < -0.3 is 15.4 Å². The van der Waals surface area contributed by atoms with E-state index >= 15 is 0 Å². The molecule has 192 valence electrons. The Morgan fingerprint density at radius 2 is 1.85 bits per heavy atom. The predicted octanol–water partition coefficient (Wildman–Crippen LogP) is 2.60. The third kappa shape index (κ3) is 9.46. The first-order chi connectivity index (χ1) is 16.5. The number of hydrogen-bond donors (Lipinski definition) is 2. The van der Waals surface area contributed by atoms with E-state index in [-0.39, 0.29) is 17.8 Å². The Morgan fingerprint density at radius 1 is 1.12 bits per heavy atom. The monoisotopic (exact) mass is 497 g/mol. The molecule has 1 saturated heterocycles. The summed E-state index contributed by atoms with van der Waals surface area (Å²) >= 11 is 0. The molecule has 34 heavy (non-hydrogen) atoms. The number of nitrogens with one attached hydrogen (secondary N) is 2. The van der Waals surface area contributed by atoms with Crippen LogP contribution in [0, 0.1) is 0 Å². The van der Waals surface area contributed by atoms with Crippen LogP contribution in [0.3, 0.4) is 0 Å². The number of anilines is 1. The fraction of sp³-hybridized carbons (Fsp3) is 0.739. The molecule has 2 aliphatic rings. The quantitative estimate of drug-likeness (QED) is 0.318. The van der Waals surface area contributed by atoms with Gasteiger partial charge in [0.05, 0.1) is 31.6 Å². The lowest BCUT2D eigenvalue weighted by Gasteiger charge is -2.33. The topological polar surface area (TPSA) is 113 Å². The van der Waals surface area contributed by atoms with E-state index in [1.807, 2.05) is 0 Å². The number of unbranched alkanes of at least 4 members (excludes halogenated alkanes) is 2. The number of amides is 2. The van der Waals surface area contributed by atoms with Gasteiger partial charge >= 0.3 is 6.03 Å². The summed E-state index contributed by atoms with van der Waals surface area (Å²) in [6.07, 6.45) is 10.1. The first-order valence-corrected chi connectivity index (χ1v) is 14.1. The number of hydrogen-bond acceptors (Lipinski definition) is 7. The summed E-state index contributed by atoms with van der Waals surface area (Å²) < 4.78 is 33.0. The highest BCUT2D eigenvalue weighted by molar-refractivity contribution is 7.88. The molecule has 2 fully saturated rings. The number of sulfonamides is 1. The SMILES string of the molecule is O=C(NCCCCCS(=O)(=O)N(OCCN1CCOCC1)C1CCCCC1)Nc1ccncc1. The lowest BCUT2D eigenvalue weighted by atomic mass is 9.96. The maximum atomic E-state index is 13.1. The fourth-order valence-electron chi connectivity index (χ4n) is 4.28. The minimum atomic E-state index is -3.51. The Balaban J connectivity index is 1.37. The summed E-state index contributed by atoms with van der Waals surface area (Å²) in [5.74, 6) is 0.0598. The zero-order valence-electron chi connectivity index (χ0n) is 20.0. The van der Waals surface area contributed by atoms with Crippen LogP contribution >= 0.6 is 0 Å². The van der Waals surface area contributed by atoms with Crippen LogP contribution in [0.15, 0.2) is 24.5 Å². The highest BCUT2D eigenvalue weighted by Gasteiger charge is 2.32. The number of rotatable bonds is 13. The average Bonchev–Trinajstić information content (AvgIpc) is 2.85. The molecule has 1 aromatic rings. The minimum Gasteiger partial charge on any atom is -0.379 e. The van der Waals surface area contributed by atoms with Crippen molar-refractivity contribution >= 4 is 21.7 Å². The molecule has 1 saturated carbocycles. The molecule has 0 radical (unpaired) electrons. The summed E-state index contributed by atoms with van der Waals surface area (Å²) in [7, 11) is -3.51. The van der Waals surface area contributed by atoms with E-state index < -0.39 is 10.0 Å². The van der Waals surface area contributed by atoms with Crippen molar-refractivity contribution in [2.45, 2.75) is 57.4 Å². The molecule has 0 spiro atoms. The third-order valence-electron chi connectivity index (χ3n) is 6.18. The first-order valence-electron chi connectivity index (χ1n) is 12.4. The molecule has 2 amide bonds. The van der Waals surface area contributed by atoms with E-state index in [0.717, 1.165) is 45.2 Å². The highest BCUT2D eigenvalue weighted by Crippen LogP contribution is 2.25. The Hall–Kier alpha value is -1.79. The summed E-state index contributed by atoms with van der Waals surface area (Å²) in [5, 5.41) is 5.53. The van der Waals surface area contributed by atoms with Gasteiger partial charge in [-0.05, 0) is 37.8 Å². The van der Waals surface area contributed by atoms with Crippen LogP contribution in [0.2, 0.25) is 0 Å². The van der Waals surface area contributed by atoms with E-state index in [4.69, 9.17) is 9.57 Å². The van der Waals surface area contributed by atoms with E-state index in [1.165, 1.54) is 4.47 Å². The summed E-state index contributed by atoms with van der Waals surface area (Å²) in [5.41, 5.74) is 0.676. The highest BCUT2D eigenvalue weighted by atomic mass is 32.2. The molecule has 10 nitrogen and oxygen atoms in total. The van der Waals surface area contributed by atoms with Crippen LogP contribution in [-0.4, -0.2) is 86.6 Å². The van der Waals surface area contributed by atoms with Crippen molar-refractivity contribution < 1.29 is 22.8 Å². The van der Waals surface area contributed by atoms with Crippen LogP contribution in [0.5, 0.6) is 0 Å². The molecule has 2 N–H and O–H groups in total. The fourth-order valence-corrected chi connectivity index (χ4v) is 5.93. The molecule has 0 unspecified atom stereocenters. The lowest BCUT2D eigenvalue weighted by molar-refractivity contribution is -0.126. The second-order valence-corrected chi connectivity index (χ2v) is 10.8. The van der Waals surface area contributed by atoms with Crippen molar-refractivity contribution in [1.82, 2.24) is 19.7 Å². The van der Waals surface area contributed by atoms with Crippen LogP contribution in [0.1, 0.15) is 51.4 Å². The second kappa shape index (κ2) is 14.6. The van der Waals surface area contributed by atoms with Crippen molar-refractivity contribution in [1.29, 1.82) is 0 Å². The van der Waals surface area contributed by atoms with Gasteiger partial charge in [-0.2, -0.15) is 0 Å². The summed E-state index contributed by atoms with van der Waals surface area (Å²) in [6.45, 7) is 4.69. The molecule has 1 aliphatic carbocycles. The van der Waals surface area contributed by atoms with Crippen LogP contribution < -0.4 is 10.6 Å². The van der Waals surface area contributed by atoms with Gasteiger partial charge in [0.2, 0.25) is 10.0 Å². The number of hydroxylamine groups is 1. The second-order valence-electron chi connectivity index (χ2n) is 8.83. The van der Waals surface area contributed by atoms with Crippen molar-refractivity contribution in [3.63, 3.8) is 0 Å². The average molecular weight is 498 g/mol. The van der Waals surface area contributed by atoms with E-state index in [9.17, 15) is 13.2 Å². The van der Waals surface area contributed by atoms with Crippen LogP contribution in [0.4, 0.5) is 10.5 Å². The predicted molar refractivity (Wildman–Crippen MR) is 131 cm³/mol. The largest absolute Gasteiger partial charge is 0.379 e. The molecule has 0 aromatic carbocycles. The zero-order chi connectivity index (χ0) is 24.1. The molecule has 0 bridgehead atoms. The Labute approximate surface area is 203 Å². The van der Waals surface area contributed by atoms with E-state index in [0.29, 0.717) is 57.9 Å². The van der Waals surface area contributed by atoms with E-state index in [2.05, 4.69) is 20.5 Å². The van der Waals surface area contributed by atoms with Gasteiger partial charge in [0, 0.05) is 44.3 Å². The van der Waals surface area contributed by atoms with Gasteiger partial charge in [-0.25, -0.2) is 13.2 Å². The maximum Gasteiger partial charge on any atom is 0.319 e. The summed E-state index contributed by atoms with van der Waals surface area (Å²) in [6, 6.07) is 3.08. The van der Waals surface area contributed by atoms with Crippen molar-refractivity contribution in [3.05, 3.63) is 24.5 Å². The molecule has 2 heterocycles. The summed E-state index contributed by atoms with van der Waals surface area (Å²) in [4.78, 5) is 24.0. The number of carbonyl (C=O) groups is 1. The molecule has 0 atom stereocenters. The smallest absolute Gasteiger partial charge is 0.319 e. The van der Waals surface area contributed by atoms with Gasteiger partial charge in [0.1, 0.15) is 0 Å². The van der Waals surface area contributed by atoms with Gasteiger partial charge in [-0.15, -0.1) is 0 Å². The number of carbonyl (C=O) groups excluding carboxylic acids is 1.